The summed E-state index contributed by atoms with van der Waals surface area (Å²) in [5.41, 5.74) is -0.711. The van der Waals surface area contributed by atoms with Crippen molar-refractivity contribution in [1.82, 2.24) is 14.5 Å². The Labute approximate surface area is 167 Å². The van der Waals surface area contributed by atoms with Gasteiger partial charge in [0.25, 0.3) is 0 Å². The number of aromatic nitrogens is 2. The quantitative estimate of drug-likeness (QED) is 0.510. The summed E-state index contributed by atoms with van der Waals surface area (Å²) in [4.78, 5) is 30.2. The van der Waals surface area contributed by atoms with Gasteiger partial charge in [-0.15, -0.1) is 6.42 Å². The number of aliphatic hydroxyl groups excluding tert-OH is 2. The predicted molar refractivity (Wildman–Crippen MR) is 100 cm³/mol. The van der Waals surface area contributed by atoms with E-state index in [1.54, 1.807) is 6.92 Å². The number of morpholine rings is 1. The Morgan fingerprint density at radius 1 is 1.41 bits per heavy atom. The van der Waals surface area contributed by atoms with Gasteiger partial charge >= 0.3 is 11.8 Å². The van der Waals surface area contributed by atoms with Gasteiger partial charge in [0.05, 0.1) is 24.9 Å². The SMILES string of the molecule is C#Cc1cn([C@@H]2O[C@H](C)[C@@H](O)[C@H]2O)c(=O)nc1NC(=O)OCCN1CCOCC1. The van der Waals surface area contributed by atoms with Crippen LogP contribution < -0.4 is 11.0 Å². The van der Waals surface area contributed by atoms with E-state index in [4.69, 9.17) is 20.6 Å². The Balaban J connectivity index is 1.64. The molecule has 0 radical (unpaired) electrons. The predicted octanol–water partition coefficient (Wildman–Crippen LogP) is -1.26. The maximum absolute atomic E-state index is 12.4. The number of hydrogen-bond acceptors (Lipinski definition) is 9. The van der Waals surface area contributed by atoms with Crippen LogP contribution in [0.5, 0.6) is 0 Å². The Morgan fingerprint density at radius 3 is 2.76 bits per heavy atom. The first-order valence-electron chi connectivity index (χ1n) is 9.26. The van der Waals surface area contributed by atoms with Crippen molar-refractivity contribution in [3.63, 3.8) is 0 Å². The molecule has 2 saturated heterocycles. The summed E-state index contributed by atoms with van der Waals surface area (Å²) in [6.07, 6.45) is 1.62. The summed E-state index contributed by atoms with van der Waals surface area (Å²) in [5.74, 6) is 2.19. The van der Waals surface area contributed by atoms with Crippen molar-refractivity contribution in [2.75, 3.05) is 44.8 Å². The normalized spacial score (nSPS) is 27.4. The third-order valence-corrected chi connectivity index (χ3v) is 4.82. The van der Waals surface area contributed by atoms with E-state index in [-0.39, 0.29) is 18.0 Å². The molecule has 11 nitrogen and oxygen atoms in total. The van der Waals surface area contributed by atoms with Crippen LogP contribution in [0.1, 0.15) is 18.7 Å². The third kappa shape index (κ3) is 4.92. The number of ether oxygens (including phenoxy) is 3. The van der Waals surface area contributed by atoms with Gasteiger partial charge in [0.2, 0.25) is 0 Å². The number of carbonyl (C=O) groups excluding carboxylic acids is 1. The number of carbonyl (C=O) groups is 1. The highest BCUT2D eigenvalue weighted by Crippen LogP contribution is 2.28. The van der Waals surface area contributed by atoms with Crippen LogP contribution in [-0.2, 0) is 14.2 Å². The van der Waals surface area contributed by atoms with Gasteiger partial charge in [0.1, 0.15) is 18.8 Å². The lowest BCUT2D eigenvalue weighted by atomic mass is 10.1. The average Bonchev–Trinajstić information content (AvgIpc) is 2.96. The highest BCUT2D eigenvalue weighted by Gasteiger charge is 2.42. The molecular formula is C18H24N4O7. The maximum atomic E-state index is 12.4. The zero-order valence-corrected chi connectivity index (χ0v) is 16.0. The first kappa shape index (κ1) is 21.2. The summed E-state index contributed by atoms with van der Waals surface area (Å²) < 4.78 is 16.8. The van der Waals surface area contributed by atoms with Gasteiger partial charge in [0.15, 0.2) is 12.0 Å². The van der Waals surface area contributed by atoms with Gasteiger partial charge in [-0.25, -0.2) is 9.59 Å². The molecule has 29 heavy (non-hydrogen) atoms. The Morgan fingerprint density at radius 2 is 2.14 bits per heavy atom. The second-order valence-corrected chi connectivity index (χ2v) is 6.77. The fourth-order valence-corrected chi connectivity index (χ4v) is 3.13. The highest BCUT2D eigenvalue weighted by molar-refractivity contribution is 5.84. The van der Waals surface area contributed by atoms with Crippen LogP contribution in [0.25, 0.3) is 0 Å². The van der Waals surface area contributed by atoms with Gasteiger partial charge in [-0.1, -0.05) is 5.92 Å². The van der Waals surface area contributed by atoms with Crippen LogP contribution in [0.15, 0.2) is 11.0 Å². The molecule has 2 aliphatic heterocycles. The van der Waals surface area contributed by atoms with Gasteiger partial charge < -0.3 is 24.4 Å². The molecule has 1 aromatic heterocycles. The molecular weight excluding hydrogens is 384 g/mol. The number of aliphatic hydroxyl groups is 2. The molecule has 0 unspecified atom stereocenters. The van der Waals surface area contributed by atoms with Crippen molar-refractivity contribution in [3.05, 3.63) is 22.2 Å². The number of nitrogens with one attached hydrogen (secondary N) is 1. The maximum Gasteiger partial charge on any atom is 0.412 e. The largest absolute Gasteiger partial charge is 0.448 e. The highest BCUT2D eigenvalue weighted by atomic mass is 16.6. The lowest BCUT2D eigenvalue weighted by Gasteiger charge is -2.26. The third-order valence-electron chi connectivity index (χ3n) is 4.82. The topological polar surface area (TPSA) is 135 Å². The number of rotatable bonds is 5. The van der Waals surface area contributed by atoms with E-state index in [0.717, 1.165) is 17.7 Å². The lowest BCUT2D eigenvalue weighted by molar-refractivity contribution is -0.0350. The van der Waals surface area contributed by atoms with Crippen LogP contribution in [0.4, 0.5) is 10.6 Å². The number of anilines is 1. The first-order chi connectivity index (χ1) is 13.9. The Bertz CT molecular complexity index is 830. The Kier molecular flexibility index (Phi) is 6.83. The zero-order valence-electron chi connectivity index (χ0n) is 16.0. The monoisotopic (exact) mass is 408 g/mol. The van der Waals surface area contributed by atoms with Crippen molar-refractivity contribution >= 4 is 11.9 Å². The standard InChI is InChI=1S/C18H24N4O7/c1-3-12-10-22(16-14(24)13(23)11(2)29-16)17(25)19-15(12)20-18(26)28-9-6-21-4-7-27-8-5-21/h1,10-11,13-14,16,23-24H,4-9H2,2H3,(H,19,20,25,26)/t11-,13-,14-,16-/m1/s1. The number of terminal acetylenes is 1. The van der Waals surface area contributed by atoms with Crippen molar-refractivity contribution < 1.29 is 29.2 Å². The minimum Gasteiger partial charge on any atom is -0.448 e. The van der Waals surface area contributed by atoms with Crippen LogP contribution in [0.2, 0.25) is 0 Å². The van der Waals surface area contributed by atoms with Crippen molar-refractivity contribution in [1.29, 1.82) is 0 Å². The molecule has 1 aromatic rings. The second-order valence-electron chi connectivity index (χ2n) is 6.77. The van der Waals surface area contributed by atoms with E-state index < -0.39 is 36.3 Å². The molecule has 0 aromatic carbocycles. The molecule has 11 heteroatoms. The lowest BCUT2D eigenvalue weighted by Crippen LogP contribution is -2.38. The van der Waals surface area contributed by atoms with Gasteiger partial charge in [-0.3, -0.25) is 14.8 Å². The summed E-state index contributed by atoms with van der Waals surface area (Å²) >= 11 is 0. The second kappa shape index (κ2) is 9.34. The summed E-state index contributed by atoms with van der Waals surface area (Å²) in [6, 6.07) is 0. The molecule has 0 saturated carbocycles. The fourth-order valence-electron chi connectivity index (χ4n) is 3.13. The van der Waals surface area contributed by atoms with Crippen molar-refractivity contribution in [2.24, 2.45) is 0 Å². The van der Waals surface area contributed by atoms with E-state index in [1.807, 2.05) is 0 Å². The van der Waals surface area contributed by atoms with E-state index >= 15 is 0 Å². The van der Waals surface area contributed by atoms with Gasteiger partial charge in [-0.05, 0) is 6.92 Å². The van der Waals surface area contributed by atoms with E-state index in [1.165, 1.54) is 6.20 Å². The molecule has 0 aliphatic carbocycles. The van der Waals surface area contributed by atoms with Crippen LogP contribution >= 0.6 is 0 Å². The minimum atomic E-state index is -1.32. The molecule has 3 rings (SSSR count). The molecule has 4 atom stereocenters. The molecule has 158 valence electrons. The molecule has 0 spiro atoms. The smallest absolute Gasteiger partial charge is 0.412 e. The van der Waals surface area contributed by atoms with Crippen molar-refractivity contribution in [3.8, 4) is 12.3 Å². The first-order valence-corrected chi connectivity index (χ1v) is 9.26. The molecule has 1 amide bonds. The summed E-state index contributed by atoms with van der Waals surface area (Å²) in [6.45, 7) is 5.12. The van der Waals surface area contributed by atoms with Gasteiger partial charge in [0, 0.05) is 25.8 Å². The number of hydrogen-bond donors (Lipinski definition) is 3. The summed E-state index contributed by atoms with van der Waals surface area (Å²) in [5, 5.41) is 22.3. The van der Waals surface area contributed by atoms with Crippen LogP contribution in [0, 0.1) is 12.3 Å². The van der Waals surface area contributed by atoms with Crippen LogP contribution in [0.3, 0.4) is 0 Å². The summed E-state index contributed by atoms with van der Waals surface area (Å²) in [7, 11) is 0. The van der Waals surface area contributed by atoms with E-state index in [0.29, 0.717) is 19.8 Å². The number of nitrogens with zero attached hydrogens (tertiary/aromatic N) is 3. The average molecular weight is 408 g/mol. The fraction of sp³-hybridized carbons (Fsp3) is 0.611. The zero-order chi connectivity index (χ0) is 21.0. The molecule has 3 N–H and O–H groups in total. The van der Waals surface area contributed by atoms with Crippen LogP contribution in [-0.4, -0.2) is 88.5 Å². The van der Waals surface area contributed by atoms with E-state index in [2.05, 4.69) is 21.1 Å². The van der Waals surface area contributed by atoms with Crippen molar-refractivity contribution in [2.45, 2.75) is 31.5 Å². The minimum absolute atomic E-state index is 0.0968. The Hall–Kier alpha value is -2.49. The molecule has 0 bridgehead atoms. The molecule has 2 aliphatic rings. The van der Waals surface area contributed by atoms with E-state index in [9.17, 15) is 19.8 Å². The van der Waals surface area contributed by atoms with Gasteiger partial charge in [-0.2, -0.15) is 4.98 Å². The number of amides is 1. The molecule has 3 heterocycles. The molecule has 2 fully saturated rings.